The second-order valence-corrected chi connectivity index (χ2v) is 11.0. The second kappa shape index (κ2) is 12.3. The summed E-state index contributed by atoms with van der Waals surface area (Å²) in [6.07, 6.45) is 2.84. The van der Waals surface area contributed by atoms with Crippen molar-refractivity contribution in [1.29, 1.82) is 0 Å². The lowest BCUT2D eigenvalue weighted by molar-refractivity contribution is 0.0664. The highest BCUT2D eigenvalue weighted by atomic mass is 19.1. The number of nitrogens with one attached hydrogen (secondary N) is 2. The van der Waals surface area contributed by atoms with E-state index in [-0.39, 0.29) is 18.3 Å². The molecule has 2 fully saturated rings. The van der Waals surface area contributed by atoms with Crippen molar-refractivity contribution in [2.75, 3.05) is 56.7 Å². The van der Waals surface area contributed by atoms with Crippen LogP contribution in [0.15, 0.2) is 60.7 Å². The van der Waals surface area contributed by atoms with Gasteiger partial charge in [-0.15, -0.1) is 0 Å². The van der Waals surface area contributed by atoms with Crippen LogP contribution in [0.1, 0.15) is 34.3 Å². The monoisotopic (exact) mass is 557 g/mol. The van der Waals surface area contributed by atoms with Crippen LogP contribution in [0.5, 0.6) is 5.75 Å². The van der Waals surface area contributed by atoms with Crippen LogP contribution >= 0.6 is 0 Å². The summed E-state index contributed by atoms with van der Waals surface area (Å²) in [5, 5.41) is 11.1. The third-order valence-corrected chi connectivity index (χ3v) is 8.17. The zero-order valence-corrected chi connectivity index (χ0v) is 23.4. The SMILES string of the molecule is CN1CCN(c2ccc(C(=O)Nc3n[nH]c4ccc(OCc5ccccc5F)cc34)c(CC3CCOCC3)c2)CC1. The largest absolute Gasteiger partial charge is 0.489 e. The molecule has 3 aromatic carbocycles. The van der Waals surface area contributed by atoms with Crippen LogP contribution in [0.25, 0.3) is 10.9 Å². The van der Waals surface area contributed by atoms with E-state index >= 15 is 0 Å². The minimum Gasteiger partial charge on any atom is -0.489 e. The van der Waals surface area contributed by atoms with Gasteiger partial charge in [0.1, 0.15) is 18.2 Å². The van der Waals surface area contributed by atoms with Gasteiger partial charge in [-0.05, 0) is 80.3 Å². The molecule has 0 unspecified atom stereocenters. The fourth-order valence-corrected chi connectivity index (χ4v) is 5.62. The maximum absolute atomic E-state index is 14.0. The number of halogens is 1. The van der Waals surface area contributed by atoms with Crippen LogP contribution in [0.4, 0.5) is 15.9 Å². The molecular formula is C32H36FN5O3. The maximum Gasteiger partial charge on any atom is 0.257 e. The summed E-state index contributed by atoms with van der Waals surface area (Å²) in [6.45, 7) is 5.63. The minimum atomic E-state index is -0.306. The standard InChI is InChI=1S/C32H36FN5O3/c1-37-12-14-38(15-13-37)25-6-8-27(24(19-25)18-22-10-16-40-17-11-22)32(39)34-31-28-20-26(7-9-30(28)35-36-31)41-21-23-4-2-3-5-29(23)33/h2-9,19-20,22H,10-18,21H2,1H3,(H2,34,35,36,39). The summed E-state index contributed by atoms with van der Waals surface area (Å²) >= 11 is 0. The highest BCUT2D eigenvalue weighted by molar-refractivity contribution is 6.09. The van der Waals surface area contributed by atoms with Crippen LogP contribution in [0.3, 0.4) is 0 Å². The van der Waals surface area contributed by atoms with Gasteiger partial charge in [0.25, 0.3) is 5.91 Å². The number of likely N-dealkylation sites (N-methyl/N-ethyl adjacent to an activating group) is 1. The summed E-state index contributed by atoms with van der Waals surface area (Å²) < 4.78 is 25.5. The first-order chi connectivity index (χ1) is 20.0. The number of carbonyl (C=O) groups excluding carboxylic acids is 1. The number of H-pyrrole nitrogens is 1. The number of hydrogen-bond donors (Lipinski definition) is 2. The van der Waals surface area contributed by atoms with Gasteiger partial charge in [-0.2, -0.15) is 5.10 Å². The summed E-state index contributed by atoms with van der Waals surface area (Å²) in [7, 11) is 2.15. The van der Waals surface area contributed by atoms with Crippen molar-refractivity contribution in [1.82, 2.24) is 15.1 Å². The molecule has 1 amide bonds. The van der Waals surface area contributed by atoms with Crippen molar-refractivity contribution >= 4 is 28.3 Å². The summed E-state index contributed by atoms with van der Waals surface area (Å²) in [6, 6.07) is 18.2. The smallest absolute Gasteiger partial charge is 0.257 e. The van der Waals surface area contributed by atoms with E-state index in [9.17, 15) is 9.18 Å². The molecule has 2 saturated heterocycles. The third-order valence-electron chi connectivity index (χ3n) is 8.17. The average Bonchev–Trinajstić information content (AvgIpc) is 3.39. The van der Waals surface area contributed by atoms with E-state index in [4.69, 9.17) is 9.47 Å². The number of hydrogen-bond acceptors (Lipinski definition) is 6. The fourth-order valence-electron chi connectivity index (χ4n) is 5.62. The lowest BCUT2D eigenvalue weighted by Crippen LogP contribution is -2.44. The molecule has 2 aliphatic heterocycles. The second-order valence-electron chi connectivity index (χ2n) is 11.0. The van der Waals surface area contributed by atoms with Crippen molar-refractivity contribution in [3.05, 3.63) is 83.2 Å². The Bertz CT molecular complexity index is 1510. The van der Waals surface area contributed by atoms with Crippen LogP contribution < -0.4 is 15.0 Å². The molecule has 41 heavy (non-hydrogen) atoms. The highest BCUT2D eigenvalue weighted by Crippen LogP contribution is 2.30. The Kier molecular flexibility index (Phi) is 8.16. The molecule has 9 heteroatoms. The maximum atomic E-state index is 14.0. The molecule has 0 aliphatic carbocycles. The average molecular weight is 558 g/mol. The first kappa shape index (κ1) is 27.2. The van der Waals surface area contributed by atoms with Gasteiger partial charge < -0.3 is 24.6 Å². The summed E-state index contributed by atoms with van der Waals surface area (Å²) in [5.41, 5.74) is 4.13. The van der Waals surface area contributed by atoms with Gasteiger partial charge in [-0.3, -0.25) is 9.89 Å². The van der Waals surface area contributed by atoms with E-state index in [2.05, 4.69) is 44.5 Å². The van der Waals surface area contributed by atoms with Gasteiger partial charge in [-0.1, -0.05) is 18.2 Å². The normalized spacial score (nSPS) is 16.7. The molecule has 1 aromatic heterocycles. The van der Waals surface area contributed by atoms with Crippen LogP contribution in [-0.4, -0.2) is 67.4 Å². The molecule has 3 heterocycles. The molecule has 0 spiro atoms. The molecule has 0 bridgehead atoms. The molecule has 0 radical (unpaired) electrons. The van der Waals surface area contributed by atoms with Gasteiger partial charge in [0.05, 0.1) is 5.52 Å². The van der Waals surface area contributed by atoms with E-state index in [0.29, 0.717) is 28.6 Å². The number of amides is 1. The Hall–Kier alpha value is -3.95. The number of carbonyl (C=O) groups is 1. The number of rotatable bonds is 8. The molecule has 6 rings (SSSR count). The Morgan fingerprint density at radius 2 is 1.85 bits per heavy atom. The molecule has 4 aromatic rings. The minimum absolute atomic E-state index is 0.104. The number of aromatic amines is 1. The van der Waals surface area contributed by atoms with Gasteiger partial charge in [0, 0.05) is 61.6 Å². The first-order valence-corrected chi connectivity index (χ1v) is 14.3. The molecule has 0 saturated carbocycles. The highest BCUT2D eigenvalue weighted by Gasteiger charge is 2.22. The summed E-state index contributed by atoms with van der Waals surface area (Å²) in [4.78, 5) is 18.4. The van der Waals surface area contributed by atoms with Gasteiger partial charge in [0.15, 0.2) is 5.82 Å². The van der Waals surface area contributed by atoms with Crippen molar-refractivity contribution < 1.29 is 18.7 Å². The Morgan fingerprint density at radius 3 is 2.66 bits per heavy atom. The van der Waals surface area contributed by atoms with Crippen molar-refractivity contribution in [3.8, 4) is 5.75 Å². The molecular weight excluding hydrogens is 521 g/mol. The van der Waals surface area contributed by atoms with Crippen molar-refractivity contribution in [2.45, 2.75) is 25.9 Å². The van der Waals surface area contributed by atoms with Gasteiger partial charge in [0.2, 0.25) is 0 Å². The predicted molar refractivity (Wildman–Crippen MR) is 158 cm³/mol. The van der Waals surface area contributed by atoms with E-state index in [1.807, 2.05) is 18.2 Å². The zero-order valence-electron chi connectivity index (χ0n) is 23.4. The number of piperazine rings is 1. The summed E-state index contributed by atoms with van der Waals surface area (Å²) in [5.74, 6) is 0.984. The lowest BCUT2D eigenvalue weighted by Gasteiger charge is -2.34. The predicted octanol–water partition coefficient (Wildman–Crippen LogP) is 5.25. The third kappa shape index (κ3) is 6.36. The fraction of sp³-hybridized carbons (Fsp3) is 0.375. The van der Waals surface area contributed by atoms with Crippen molar-refractivity contribution in [3.63, 3.8) is 0 Å². The number of anilines is 2. The van der Waals surface area contributed by atoms with Crippen LogP contribution in [0.2, 0.25) is 0 Å². The Morgan fingerprint density at radius 1 is 1.05 bits per heavy atom. The Labute approximate surface area is 239 Å². The first-order valence-electron chi connectivity index (χ1n) is 14.3. The molecule has 214 valence electrons. The number of ether oxygens (including phenoxy) is 2. The van der Waals surface area contributed by atoms with E-state index < -0.39 is 0 Å². The quantitative estimate of drug-likeness (QED) is 0.308. The Balaban J connectivity index is 1.22. The number of aromatic nitrogens is 2. The van der Waals surface area contributed by atoms with Gasteiger partial charge in [-0.25, -0.2) is 4.39 Å². The molecule has 2 aliphatic rings. The lowest BCUT2D eigenvalue weighted by atomic mass is 9.89. The van der Waals surface area contributed by atoms with Gasteiger partial charge >= 0.3 is 0 Å². The topological polar surface area (TPSA) is 82.7 Å². The molecule has 0 atom stereocenters. The van der Waals surface area contributed by atoms with Crippen molar-refractivity contribution in [2.24, 2.45) is 5.92 Å². The number of nitrogens with zero attached hydrogens (tertiary/aromatic N) is 3. The van der Waals surface area contributed by atoms with E-state index in [1.54, 1.807) is 24.3 Å². The number of benzene rings is 3. The molecule has 2 N–H and O–H groups in total. The molecule has 8 nitrogen and oxygen atoms in total. The zero-order chi connectivity index (χ0) is 28.2. The number of fused-ring (bicyclic) bond motifs is 1. The van der Waals surface area contributed by atoms with Crippen LogP contribution in [-0.2, 0) is 17.8 Å². The van der Waals surface area contributed by atoms with Crippen LogP contribution in [0, 0.1) is 11.7 Å². The van der Waals surface area contributed by atoms with E-state index in [1.165, 1.54) is 11.8 Å². The van der Waals surface area contributed by atoms with E-state index in [0.717, 1.165) is 75.1 Å².